The Kier molecular flexibility index (Phi) is 2.88. The molecule has 12 heavy (non-hydrogen) atoms. The van der Waals surface area contributed by atoms with Crippen molar-refractivity contribution in [3.05, 3.63) is 24.2 Å². The minimum absolute atomic E-state index is 0.228. The van der Waals surface area contributed by atoms with E-state index in [4.69, 9.17) is 10.2 Å². The summed E-state index contributed by atoms with van der Waals surface area (Å²) < 4.78 is 9.40. The van der Waals surface area contributed by atoms with Gasteiger partial charge in [-0.05, 0) is 6.07 Å². The van der Waals surface area contributed by atoms with Gasteiger partial charge in [-0.2, -0.15) is 0 Å². The maximum atomic E-state index is 11.1. The van der Waals surface area contributed by atoms with E-state index in [2.05, 4.69) is 4.74 Å². The molecule has 0 bridgehead atoms. The van der Waals surface area contributed by atoms with Crippen LogP contribution < -0.4 is 5.73 Å². The van der Waals surface area contributed by atoms with Gasteiger partial charge in [-0.15, -0.1) is 0 Å². The first kappa shape index (κ1) is 8.80. The van der Waals surface area contributed by atoms with Gasteiger partial charge in [-0.1, -0.05) is 0 Å². The van der Waals surface area contributed by atoms with E-state index in [1.807, 2.05) is 0 Å². The molecule has 0 saturated carbocycles. The van der Waals surface area contributed by atoms with Crippen LogP contribution in [0.15, 0.2) is 23.0 Å². The van der Waals surface area contributed by atoms with E-state index in [9.17, 15) is 4.79 Å². The lowest BCUT2D eigenvalue weighted by Crippen LogP contribution is -2.22. The highest BCUT2D eigenvalue weighted by molar-refractivity contribution is 5.78. The normalized spacial score (nSPS) is 12.5. The smallest absolute Gasteiger partial charge is 0.314 e. The average Bonchev–Trinajstić information content (AvgIpc) is 2.58. The number of ether oxygens (including phenoxy) is 1. The Bertz CT molecular complexity index is 243. The summed E-state index contributed by atoms with van der Waals surface area (Å²) in [5.74, 6) is -0.743. The molecule has 1 aromatic heterocycles. The van der Waals surface area contributed by atoms with Gasteiger partial charge in [0, 0.05) is 12.1 Å². The predicted octanol–water partition coefficient (Wildman–Crippen LogP) is 0.495. The Balaban J connectivity index is 2.76. The number of methoxy groups -OCH3 is 1. The predicted molar refractivity (Wildman–Crippen MR) is 42.5 cm³/mol. The van der Waals surface area contributed by atoms with Crippen molar-refractivity contribution in [1.29, 1.82) is 0 Å². The molecule has 2 N–H and O–H groups in total. The summed E-state index contributed by atoms with van der Waals surface area (Å²) in [6.07, 6.45) is 3.00. The zero-order chi connectivity index (χ0) is 8.97. The van der Waals surface area contributed by atoms with Crippen molar-refractivity contribution in [2.75, 3.05) is 13.7 Å². The Labute approximate surface area is 70.3 Å². The zero-order valence-electron chi connectivity index (χ0n) is 6.82. The van der Waals surface area contributed by atoms with E-state index in [0.717, 1.165) is 5.56 Å². The van der Waals surface area contributed by atoms with Crippen LogP contribution in [0.2, 0.25) is 0 Å². The molecule has 0 aromatic carbocycles. The number of carbonyl (C=O) groups is 1. The van der Waals surface area contributed by atoms with Gasteiger partial charge in [-0.3, -0.25) is 4.79 Å². The number of carbonyl (C=O) groups excluding carboxylic acids is 1. The molecule has 4 nitrogen and oxygen atoms in total. The summed E-state index contributed by atoms with van der Waals surface area (Å²) in [6.45, 7) is 0.228. The lowest BCUT2D eigenvalue weighted by Gasteiger charge is -2.08. The third kappa shape index (κ3) is 1.65. The lowest BCUT2D eigenvalue weighted by atomic mass is 10.0. The fraction of sp³-hybridized carbons (Fsp3) is 0.375. The molecular weight excluding hydrogens is 158 g/mol. The number of furan rings is 1. The Morgan fingerprint density at radius 1 is 1.83 bits per heavy atom. The maximum absolute atomic E-state index is 11.1. The largest absolute Gasteiger partial charge is 0.472 e. The van der Waals surface area contributed by atoms with Crippen LogP contribution in [0.25, 0.3) is 0 Å². The summed E-state index contributed by atoms with van der Waals surface area (Å²) in [5.41, 5.74) is 6.15. The molecule has 0 fully saturated rings. The maximum Gasteiger partial charge on any atom is 0.314 e. The lowest BCUT2D eigenvalue weighted by molar-refractivity contribution is -0.142. The van der Waals surface area contributed by atoms with Crippen molar-refractivity contribution in [2.45, 2.75) is 5.92 Å². The average molecular weight is 169 g/mol. The van der Waals surface area contributed by atoms with Crippen molar-refractivity contribution in [2.24, 2.45) is 5.73 Å². The summed E-state index contributed by atoms with van der Waals surface area (Å²) in [4.78, 5) is 11.1. The van der Waals surface area contributed by atoms with Crippen molar-refractivity contribution in [3.8, 4) is 0 Å². The molecule has 1 atom stereocenters. The molecule has 1 heterocycles. The van der Waals surface area contributed by atoms with Crippen molar-refractivity contribution < 1.29 is 13.9 Å². The monoisotopic (exact) mass is 169 g/mol. The summed E-state index contributed by atoms with van der Waals surface area (Å²) >= 11 is 0. The number of nitrogens with two attached hydrogens (primary N) is 1. The highest BCUT2D eigenvalue weighted by Crippen LogP contribution is 2.15. The molecule has 0 aliphatic rings. The van der Waals surface area contributed by atoms with Crippen LogP contribution >= 0.6 is 0 Å². The van der Waals surface area contributed by atoms with Crippen LogP contribution in [0.3, 0.4) is 0 Å². The molecule has 0 radical (unpaired) electrons. The second-order valence-electron chi connectivity index (χ2n) is 2.37. The van der Waals surface area contributed by atoms with Gasteiger partial charge >= 0.3 is 5.97 Å². The fourth-order valence-corrected chi connectivity index (χ4v) is 0.984. The fourth-order valence-electron chi connectivity index (χ4n) is 0.984. The van der Waals surface area contributed by atoms with E-state index in [1.54, 1.807) is 6.07 Å². The number of rotatable bonds is 3. The molecule has 0 amide bonds. The number of esters is 1. The van der Waals surface area contributed by atoms with Crippen molar-refractivity contribution in [1.82, 2.24) is 0 Å². The SMILES string of the molecule is COC(=O)C(CN)c1ccoc1. The van der Waals surface area contributed by atoms with Crippen LogP contribution in [0.1, 0.15) is 11.5 Å². The number of hydrogen-bond donors (Lipinski definition) is 1. The minimum atomic E-state index is -0.409. The highest BCUT2D eigenvalue weighted by Gasteiger charge is 2.20. The van der Waals surface area contributed by atoms with E-state index in [1.165, 1.54) is 19.6 Å². The van der Waals surface area contributed by atoms with Crippen LogP contribution in [-0.4, -0.2) is 19.6 Å². The van der Waals surface area contributed by atoms with E-state index < -0.39 is 5.92 Å². The standard InChI is InChI=1S/C8H11NO3/c1-11-8(10)7(4-9)6-2-3-12-5-6/h2-3,5,7H,4,9H2,1H3. The molecule has 0 aliphatic heterocycles. The van der Waals surface area contributed by atoms with Crippen molar-refractivity contribution >= 4 is 5.97 Å². The van der Waals surface area contributed by atoms with Gasteiger partial charge in [0.15, 0.2) is 0 Å². The van der Waals surface area contributed by atoms with Gasteiger partial charge in [0.1, 0.15) is 0 Å². The Morgan fingerprint density at radius 2 is 2.58 bits per heavy atom. The summed E-state index contributed by atoms with van der Waals surface area (Å²) in [6, 6.07) is 1.70. The van der Waals surface area contributed by atoms with Gasteiger partial charge in [0.2, 0.25) is 0 Å². The Morgan fingerprint density at radius 3 is 3.00 bits per heavy atom. The van der Waals surface area contributed by atoms with Gasteiger partial charge in [-0.25, -0.2) is 0 Å². The summed E-state index contributed by atoms with van der Waals surface area (Å²) in [5, 5.41) is 0. The summed E-state index contributed by atoms with van der Waals surface area (Å²) in [7, 11) is 1.34. The van der Waals surface area contributed by atoms with Crippen LogP contribution in [0, 0.1) is 0 Å². The first-order valence-corrected chi connectivity index (χ1v) is 3.59. The van der Waals surface area contributed by atoms with Crippen LogP contribution in [0.4, 0.5) is 0 Å². The van der Waals surface area contributed by atoms with E-state index in [-0.39, 0.29) is 12.5 Å². The molecular formula is C8H11NO3. The third-order valence-electron chi connectivity index (χ3n) is 1.67. The molecule has 1 aromatic rings. The van der Waals surface area contributed by atoms with E-state index in [0.29, 0.717) is 0 Å². The Hall–Kier alpha value is -1.29. The molecule has 66 valence electrons. The van der Waals surface area contributed by atoms with Gasteiger partial charge in [0.25, 0.3) is 0 Å². The molecule has 1 unspecified atom stereocenters. The highest BCUT2D eigenvalue weighted by atomic mass is 16.5. The van der Waals surface area contributed by atoms with Crippen LogP contribution in [0.5, 0.6) is 0 Å². The zero-order valence-corrected chi connectivity index (χ0v) is 6.82. The first-order chi connectivity index (χ1) is 5.79. The molecule has 0 saturated heterocycles. The van der Waals surface area contributed by atoms with Gasteiger partial charge < -0.3 is 14.9 Å². The molecule has 0 aliphatic carbocycles. The molecule has 1 rings (SSSR count). The van der Waals surface area contributed by atoms with E-state index >= 15 is 0 Å². The van der Waals surface area contributed by atoms with Crippen molar-refractivity contribution in [3.63, 3.8) is 0 Å². The number of hydrogen-bond acceptors (Lipinski definition) is 4. The van der Waals surface area contributed by atoms with Crippen LogP contribution in [-0.2, 0) is 9.53 Å². The second-order valence-corrected chi connectivity index (χ2v) is 2.37. The molecule has 4 heteroatoms. The topological polar surface area (TPSA) is 65.5 Å². The minimum Gasteiger partial charge on any atom is -0.472 e. The quantitative estimate of drug-likeness (QED) is 0.669. The second kappa shape index (κ2) is 3.92. The first-order valence-electron chi connectivity index (χ1n) is 3.59. The third-order valence-corrected chi connectivity index (χ3v) is 1.67. The molecule has 0 spiro atoms. The van der Waals surface area contributed by atoms with Gasteiger partial charge in [0.05, 0.1) is 25.6 Å².